The summed E-state index contributed by atoms with van der Waals surface area (Å²) in [5, 5.41) is 30.7. The van der Waals surface area contributed by atoms with Crippen molar-refractivity contribution in [3.63, 3.8) is 0 Å². The number of hydrogen-bond acceptors (Lipinski definition) is 40. The van der Waals surface area contributed by atoms with Crippen LogP contribution >= 0.6 is 0 Å². The molecule has 126 heavy (non-hydrogen) atoms. The molecule has 8 rings (SSSR count). The molecule has 6 N–H and O–H groups in total. The average Bonchev–Trinajstić information content (AvgIpc) is 0.777. The van der Waals surface area contributed by atoms with Gasteiger partial charge < -0.3 is 121 Å². The lowest BCUT2D eigenvalue weighted by Crippen LogP contribution is -2.67. The second kappa shape index (κ2) is 50.2. The number of carbonyl (C=O) groups excluding carboxylic acids is 19. The molecule has 0 saturated carbocycles. The summed E-state index contributed by atoms with van der Waals surface area (Å²) in [5.41, 5.74) is 0.738. The SMILES string of the molecule is CC(=O)OCC1OC(O)C(NC(=O)c2ccccc2)C(OC(C)=O)C1OC(C)=O.CC(=O)OCC1OC(OC(C)=O)C(NC(=O)c2ccccc2)C(OC(C)=O)C1OC(C)=O.CC(=O)OCC1OC(OC(C)=O)C(NC(=O)c2ccccc2)C(OC(C)=O)C1OC(C)=O.CC(=O)OCC1OC(OC(C)=O)C(NC(=O)c2ccccc2O)C(OC(C)=O)C1OC(C)=O. The van der Waals surface area contributed by atoms with Crippen molar-refractivity contribution < 1.29 is 191 Å². The Morgan fingerprint density at radius 2 is 0.460 bits per heavy atom. The van der Waals surface area contributed by atoms with Gasteiger partial charge in [-0.3, -0.25) is 91.1 Å². The van der Waals surface area contributed by atoms with Gasteiger partial charge in [0.05, 0.1) is 5.56 Å². The van der Waals surface area contributed by atoms with E-state index in [1.165, 1.54) is 45.0 Å². The van der Waals surface area contributed by atoms with E-state index in [0.717, 1.165) is 83.1 Å². The van der Waals surface area contributed by atoms with Crippen LogP contribution in [0.25, 0.3) is 0 Å². The van der Waals surface area contributed by atoms with E-state index in [1.54, 1.807) is 91.0 Å². The summed E-state index contributed by atoms with van der Waals surface area (Å²) in [4.78, 5) is 225. The van der Waals surface area contributed by atoms with Crippen molar-refractivity contribution in [2.24, 2.45) is 0 Å². The minimum atomic E-state index is -1.63. The highest BCUT2D eigenvalue weighted by Crippen LogP contribution is 2.34. The summed E-state index contributed by atoms with van der Waals surface area (Å²) in [7, 11) is 0. The Morgan fingerprint density at radius 1 is 0.254 bits per heavy atom. The highest BCUT2D eigenvalue weighted by Gasteiger charge is 2.57. The third kappa shape index (κ3) is 33.9. The summed E-state index contributed by atoms with van der Waals surface area (Å²) in [6.07, 6.45) is -21.1. The zero-order chi connectivity index (χ0) is 93.9. The van der Waals surface area contributed by atoms with Crippen molar-refractivity contribution in [3.8, 4) is 5.75 Å². The standard InChI is InChI=1S/C21H25NO11.2C21H25NO10.C19H23NO9/c1-10(23)29-9-16-18(30-11(2)24)19(31-12(3)25)17(21(33-16)32-13(4)26)22-20(28)14-7-5-6-8-15(14)27;2*1-11(23)28-10-16-18(29-12(2)24)19(30-13(3)25)17(21(32-16)31-14(4)26)22-20(27)15-8-6-5-7-9-15;1-10(21)26-9-14-16(27-11(2)22)17(28-12(3)23)15(19(25)29-14)20-18(24)13-7-5-4-6-8-13/h5-8,16-19,21,27H,9H2,1-4H3,(H,22,28);2*5-9,16-19,21H,10H2,1-4H3,(H,22,27);4-8,14-17,19,25H,9H2,1-3H3,(H,20,24). The molecule has 20 unspecified atom stereocenters. The van der Waals surface area contributed by atoms with E-state index < -0.39 is 242 Å². The second-order valence-corrected chi connectivity index (χ2v) is 27.4. The van der Waals surface area contributed by atoms with E-state index in [4.69, 9.17) is 90.0 Å². The number of amides is 4. The predicted molar refractivity (Wildman–Crippen MR) is 416 cm³/mol. The molecule has 4 amide bonds. The minimum absolute atomic E-state index is 0.119. The van der Waals surface area contributed by atoms with Gasteiger partial charge in [0, 0.05) is 121 Å². The number of rotatable bonds is 27. The van der Waals surface area contributed by atoms with Crippen molar-refractivity contribution in [2.45, 2.75) is 226 Å². The van der Waals surface area contributed by atoms with Gasteiger partial charge in [-0.2, -0.15) is 0 Å². The van der Waals surface area contributed by atoms with E-state index in [-0.39, 0.29) is 42.3 Å². The number of esters is 15. The third-order valence-corrected chi connectivity index (χ3v) is 17.1. The first-order chi connectivity index (χ1) is 59.3. The molecular formula is C82H98N4O40. The number of benzene rings is 4. The number of hydrogen-bond donors (Lipinski definition) is 6. The highest BCUT2D eigenvalue weighted by molar-refractivity contribution is 5.98. The van der Waals surface area contributed by atoms with Crippen molar-refractivity contribution in [3.05, 3.63) is 138 Å². The van der Waals surface area contributed by atoms with Crippen LogP contribution in [0.3, 0.4) is 0 Å². The number of nitrogens with one attached hydrogen (secondary N) is 4. The number of carbonyl (C=O) groups is 19. The van der Waals surface area contributed by atoms with Crippen molar-refractivity contribution in [2.75, 3.05) is 26.4 Å². The molecule has 0 radical (unpaired) electrons. The van der Waals surface area contributed by atoms with E-state index in [1.807, 2.05) is 0 Å². The number of phenols is 1. The Bertz CT molecular complexity index is 4350. The maximum atomic E-state index is 12.8. The van der Waals surface area contributed by atoms with Crippen LogP contribution in [0.4, 0.5) is 0 Å². The molecule has 686 valence electrons. The molecule has 0 spiro atoms. The minimum Gasteiger partial charge on any atom is -0.507 e. The molecular weight excluding hydrogens is 1680 g/mol. The van der Waals surface area contributed by atoms with Crippen LogP contribution in [0.2, 0.25) is 0 Å². The van der Waals surface area contributed by atoms with Crippen molar-refractivity contribution in [1.82, 2.24) is 21.3 Å². The maximum absolute atomic E-state index is 12.8. The van der Waals surface area contributed by atoms with Gasteiger partial charge >= 0.3 is 89.5 Å². The molecule has 4 aliphatic rings. The van der Waals surface area contributed by atoms with Gasteiger partial charge in [0.2, 0.25) is 18.9 Å². The number of aromatic hydroxyl groups is 1. The van der Waals surface area contributed by atoms with Crippen LogP contribution in [0, 0.1) is 0 Å². The molecule has 4 heterocycles. The normalized spacial score (nSPS) is 24.8. The quantitative estimate of drug-likeness (QED) is 0.0360. The molecule has 44 heteroatoms. The number of para-hydroxylation sites is 1. The van der Waals surface area contributed by atoms with Crippen LogP contribution in [0.1, 0.15) is 145 Å². The van der Waals surface area contributed by atoms with Gasteiger partial charge in [0.1, 0.15) is 80.8 Å². The van der Waals surface area contributed by atoms with Crippen molar-refractivity contribution >= 4 is 113 Å². The zero-order valence-corrected chi connectivity index (χ0v) is 70.8. The fourth-order valence-corrected chi connectivity index (χ4v) is 12.4. The van der Waals surface area contributed by atoms with Gasteiger partial charge in [0.15, 0.2) is 55.1 Å². The van der Waals surface area contributed by atoms with Crippen LogP contribution in [-0.4, -0.2) is 272 Å². The molecule has 0 bridgehead atoms. The lowest BCUT2D eigenvalue weighted by atomic mass is 9.95. The molecule has 4 aliphatic heterocycles. The smallest absolute Gasteiger partial charge is 0.305 e. The Morgan fingerprint density at radius 3 is 0.698 bits per heavy atom. The van der Waals surface area contributed by atoms with E-state index in [9.17, 15) is 101 Å². The summed E-state index contributed by atoms with van der Waals surface area (Å²) in [5.74, 6) is -13.7. The third-order valence-electron chi connectivity index (χ3n) is 17.1. The predicted octanol–water partition coefficient (Wildman–Crippen LogP) is 1.13. The van der Waals surface area contributed by atoms with Crippen LogP contribution in [-0.2, 0) is 162 Å². The first-order valence-corrected chi connectivity index (χ1v) is 38.2. The van der Waals surface area contributed by atoms with Gasteiger partial charge in [-0.1, -0.05) is 66.7 Å². The highest BCUT2D eigenvalue weighted by atomic mass is 16.8. The van der Waals surface area contributed by atoms with Gasteiger partial charge in [0.25, 0.3) is 23.6 Å². The van der Waals surface area contributed by atoms with Gasteiger partial charge in [-0.15, -0.1) is 0 Å². The van der Waals surface area contributed by atoms with Crippen LogP contribution in [0.5, 0.6) is 5.75 Å². The lowest BCUT2D eigenvalue weighted by Gasteiger charge is -2.44. The zero-order valence-electron chi connectivity index (χ0n) is 70.8. The Kier molecular flexibility index (Phi) is 41.1. The van der Waals surface area contributed by atoms with E-state index >= 15 is 0 Å². The summed E-state index contributed by atoms with van der Waals surface area (Å²) < 4.78 is 100. The molecule has 44 nitrogen and oxygen atoms in total. The molecule has 4 aromatic carbocycles. The average molecular weight is 1780 g/mol. The summed E-state index contributed by atoms with van der Waals surface area (Å²) >= 11 is 0. The second-order valence-electron chi connectivity index (χ2n) is 27.4. The molecule has 0 aromatic heterocycles. The van der Waals surface area contributed by atoms with E-state index in [2.05, 4.69) is 21.3 Å². The fraction of sp³-hybridized carbons (Fsp3) is 0.476. The Balaban J connectivity index is 0.000000298. The fourth-order valence-electron chi connectivity index (χ4n) is 12.4. The topological polar surface area (TPSA) is 588 Å². The largest absolute Gasteiger partial charge is 0.507 e. The molecule has 20 atom stereocenters. The number of ether oxygens (including phenoxy) is 19. The Labute approximate surface area is 719 Å². The summed E-state index contributed by atoms with van der Waals surface area (Å²) in [6, 6.07) is 24.9. The maximum Gasteiger partial charge on any atom is 0.305 e. The lowest BCUT2D eigenvalue weighted by molar-refractivity contribution is -0.270. The van der Waals surface area contributed by atoms with Gasteiger partial charge in [-0.05, 0) is 48.5 Å². The number of aliphatic hydroxyl groups is 1. The monoisotopic (exact) mass is 1780 g/mol. The van der Waals surface area contributed by atoms with E-state index in [0.29, 0.717) is 5.56 Å². The van der Waals surface area contributed by atoms with Gasteiger partial charge in [-0.25, -0.2) is 0 Å². The molecule has 4 saturated heterocycles. The molecule has 4 aromatic rings. The summed E-state index contributed by atoms with van der Waals surface area (Å²) in [6.45, 7) is 15.4. The number of aliphatic hydroxyl groups excluding tert-OH is 1. The van der Waals surface area contributed by atoms with Crippen LogP contribution < -0.4 is 21.3 Å². The van der Waals surface area contributed by atoms with Crippen LogP contribution in [0.15, 0.2) is 115 Å². The first kappa shape index (κ1) is 103. The molecule has 0 aliphatic carbocycles. The molecule has 4 fully saturated rings. The Hall–Kier alpha value is -13.6. The number of phenolic OH excluding ortho intramolecular Hbond substituents is 1. The first-order valence-electron chi connectivity index (χ1n) is 38.2. The van der Waals surface area contributed by atoms with Crippen molar-refractivity contribution in [1.29, 1.82) is 0 Å².